The molecule has 0 spiro atoms. The fraction of sp³-hybridized carbons (Fsp3) is 0. The molecule has 0 bridgehead atoms. The first-order chi connectivity index (χ1) is 20.8. The fourth-order valence-electron chi connectivity index (χ4n) is 5.88. The standard InChI is InChI=1S/C38H26N4/c1-3-11-27(12-4-1)28-19-21-29(22-20-28)37-39-40-38(42(37)31-13-5-2-6-14-31)30-23-25-32(26-24-30)41-35-17-9-7-15-33(35)34-16-8-10-18-36(34)41/h1-26H. The highest BCUT2D eigenvalue weighted by molar-refractivity contribution is 6.09. The number of aromatic nitrogens is 4. The molecule has 0 amide bonds. The number of fused-ring (bicyclic) bond motifs is 3. The lowest BCUT2D eigenvalue weighted by Gasteiger charge is -2.12. The topological polar surface area (TPSA) is 35.6 Å². The zero-order valence-corrected chi connectivity index (χ0v) is 22.8. The monoisotopic (exact) mass is 538 g/mol. The van der Waals surface area contributed by atoms with Gasteiger partial charge < -0.3 is 4.57 Å². The summed E-state index contributed by atoms with van der Waals surface area (Å²) in [6, 6.07) is 55.1. The van der Waals surface area contributed by atoms with Crippen LogP contribution in [-0.2, 0) is 0 Å². The fourth-order valence-corrected chi connectivity index (χ4v) is 5.88. The molecule has 4 nitrogen and oxygen atoms in total. The molecule has 198 valence electrons. The Bertz CT molecular complexity index is 2100. The molecular weight excluding hydrogens is 512 g/mol. The predicted molar refractivity (Wildman–Crippen MR) is 172 cm³/mol. The van der Waals surface area contributed by atoms with Gasteiger partial charge in [0, 0.05) is 33.3 Å². The Balaban J connectivity index is 1.23. The van der Waals surface area contributed by atoms with Gasteiger partial charge >= 0.3 is 0 Å². The van der Waals surface area contributed by atoms with E-state index in [0.29, 0.717) is 0 Å². The van der Waals surface area contributed by atoms with Crippen molar-refractivity contribution in [2.24, 2.45) is 0 Å². The molecule has 0 aliphatic heterocycles. The van der Waals surface area contributed by atoms with Crippen molar-refractivity contribution in [1.82, 2.24) is 19.3 Å². The summed E-state index contributed by atoms with van der Waals surface area (Å²) in [4.78, 5) is 0. The van der Waals surface area contributed by atoms with Crippen molar-refractivity contribution < 1.29 is 0 Å². The molecule has 8 aromatic rings. The molecule has 0 saturated heterocycles. The zero-order chi connectivity index (χ0) is 27.9. The van der Waals surface area contributed by atoms with E-state index in [0.717, 1.165) is 34.2 Å². The first-order valence-corrected chi connectivity index (χ1v) is 14.1. The molecule has 2 heterocycles. The molecule has 4 heteroatoms. The van der Waals surface area contributed by atoms with Crippen molar-refractivity contribution in [3.05, 3.63) is 158 Å². The number of hydrogen-bond acceptors (Lipinski definition) is 2. The van der Waals surface area contributed by atoms with E-state index < -0.39 is 0 Å². The van der Waals surface area contributed by atoms with E-state index in [1.165, 1.54) is 32.9 Å². The molecule has 0 radical (unpaired) electrons. The molecule has 2 aromatic heterocycles. The lowest BCUT2D eigenvalue weighted by molar-refractivity contribution is 1.07. The summed E-state index contributed by atoms with van der Waals surface area (Å²) in [7, 11) is 0. The molecule has 0 aliphatic rings. The molecule has 0 N–H and O–H groups in total. The van der Waals surface area contributed by atoms with Gasteiger partial charge in [0.25, 0.3) is 0 Å². The first kappa shape index (κ1) is 24.1. The first-order valence-electron chi connectivity index (χ1n) is 14.1. The SMILES string of the molecule is c1ccc(-c2ccc(-c3nnc(-c4ccc(-n5c6ccccc6c6ccccc65)cc4)n3-c3ccccc3)cc2)cc1. The van der Waals surface area contributed by atoms with E-state index in [1.54, 1.807) is 0 Å². The highest BCUT2D eigenvalue weighted by Gasteiger charge is 2.18. The minimum atomic E-state index is 0.803. The third-order valence-corrected chi connectivity index (χ3v) is 7.89. The third kappa shape index (κ3) is 4.01. The average molecular weight is 539 g/mol. The quantitative estimate of drug-likeness (QED) is 0.219. The zero-order valence-electron chi connectivity index (χ0n) is 22.8. The van der Waals surface area contributed by atoms with Gasteiger partial charge in [-0.25, -0.2) is 0 Å². The largest absolute Gasteiger partial charge is 0.309 e. The van der Waals surface area contributed by atoms with Gasteiger partial charge in [-0.2, -0.15) is 0 Å². The maximum absolute atomic E-state index is 4.72. The van der Waals surface area contributed by atoms with Crippen LogP contribution >= 0.6 is 0 Å². The molecule has 0 fully saturated rings. The van der Waals surface area contributed by atoms with Gasteiger partial charge in [0.05, 0.1) is 11.0 Å². The van der Waals surface area contributed by atoms with E-state index >= 15 is 0 Å². The van der Waals surface area contributed by atoms with Crippen LogP contribution in [0.3, 0.4) is 0 Å². The second kappa shape index (κ2) is 10.0. The van der Waals surface area contributed by atoms with Gasteiger partial charge in [-0.3, -0.25) is 4.57 Å². The average Bonchev–Trinajstić information content (AvgIpc) is 3.66. The van der Waals surface area contributed by atoms with Crippen molar-refractivity contribution >= 4 is 21.8 Å². The Morgan fingerprint density at radius 2 is 0.714 bits per heavy atom. The second-order valence-corrected chi connectivity index (χ2v) is 10.4. The van der Waals surface area contributed by atoms with Crippen LogP contribution in [0.2, 0.25) is 0 Å². The normalized spacial score (nSPS) is 11.3. The van der Waals surface area contributed by atoms with Crippen molar-refractivity contribution in [1.29, 1.82) is 0 Å². The summed E-state index contributed by atoms with van der Waals surface area (Å²) in [6.07, 6.45) is 0. The van der Waals surface area contributed by atoms with E-state index in [1.807, 2.05) is 24.3 Å². The highest BCUT2D eigenvalue weighted by atomic mass is 15.3. The van der Waals surface area contributed by atoms with Crippen molar-refractivity contribution in [3.8, 4) is 45.3 Å². The van der Waals surface area contributed by atoms with Crippen LogP contribution in [0.1, 0.15) is 0 Å². The van der Waals surface area contributed by atoms with Gasteiger partial charge in [0.2, 0.25) is 0 Å². The summed E-state index contributed by atoms with van der Waals surface area (Å²) in [6.45, 7) is 0. The van der Waals surface area contributed by atoms with E-state index in [9.17, 15) is 0 Å². The van der Waals surface area contributed by atoms with E-state index in [2.05, 4.69) is 143 Å². The Morgan fingerprint density at radius 1 is 0.310 bits per heavy atom. The molecule has 42 heavy (non-hydrogen) atoms. The maximum Gasteiger partial charge on any atom is 0.168 e. The lowest BCUT2D eigenvalue weighted by atomic mass is 10.0. The van der Waals surface area contributed by atoms with Crippen LogP contribution in [0.5, 0.6) is 0 Å². The molecule has 0 aliphatic carbocycles. The summed E-state index contributed by atoms with van der Waals surface area (Å²) in [5.41, 5.74) is 8.90. The van der Waals surface area contributed by atoms with E-state index in [4.69, 9.17) is 10.2 Å². The van der Waals surface area contributed by atoms with Gasteiger partial charge in [0.15, 0.2) is 11.6 Å². The van der Waals surface area contributed by atoms with Crippen molar-refractivity contribution in [3.63, 3.8) is 0 Å². The Hall–Kier alpha value is -5.74. The van der Waals surface area contributed by atoms with Crippen molar-refractivity contribution in [2.45, 2.75) is 0 Å². The Labute approximate surface area is 243 Å². The smallest absolute Gasteiger partial charge is 0.168 e. The van der Waals surface area contributed by atoms with E-state index in [-0.39, 0.29) is 0 Å². The molecule has 0 unspecified atom stereocenters. The summed E-state index contributed by atoms with van der Waals surface area (Å²) < 4.78 is 4.48. The summed E-state index contributed by atoms with van der Waals surface area (Å²) in [5, 5.41) is 11.9. The Kier molecular flexibility index (Phi) is 5.75. The predicted octanol–water partition coefficient (Wildman–Crippen LogP) is 9.37. The molecule has 6 aromatic carbocycles. The minimum Gasteiger partial charge on any atom is -0.309 e. The van der Waals surface area contributed by atoms with Gasteiger partial charge in [0.1, 0.15) is 0 Å². The number of nitrogens with zero attached hydrogens (tertiary/aromatic N) is 4. The minimum absolute atomic E-state index is 0.803. The summed E-state index contributed by atoms with van der Waals surface area (Å²) >= 11 is 0. The highest BCUT2D eigenvalue weighted by Crippen LogP contribution is 2.34. The van der Waals surface area contributed by atoms with Crippen LogP contribution in [0, 0.1) is 0 Å². The van der Waals surface area contributed by atoms with Crippen LogP contribution in [0.15, 0.2) is 158 Å². The van der Waals surface area contributed by atoms with Crippen molar-refractivity contribution in [2.75, 3.05) is 0 Å². The molecule has 8 rings (SSSR count). The van der Waals surface area contributed by atoms with Gasteiger partial charge in [-0.05, 0) is 59.7 Å². The maximum atomic E-state index is 4.72. The lowest BCUT2D eigenvalue weighted by Crippen LogP contribution is -2.00. The second-order valence-electron chi connectivity index (χ2n) is 10.4. The molecular formula is C38H26N4. The Morgan fingerprint density at radius 3 is 1.29 bits per heavy atom. The van der Waals surface area contributed by atoms with Crippen LogP contribution in [0.4, 0.5) is 0 Å². The van der Waals surface area contributed by atoms with Gasteiger partial charge in [-0.15, -0.1) is 10.2 Å². The number of para-hydroxylation sites is 3. The number of benzene rings is 6. The summed E-state index contributed by atoms with van der Waals surface area (Å²) in [5.74, 6) is 1.61. The van der Waals surface area contributed by atoms with Crippen LogP contribution < -0.4 is 0 Å². The third-order valence-electron chi connectivity index (χ3n) is 7.89. The molecule has 0 atom stereocenters. The van der Waals surface area contributed by atoms with Crippen LogP contribution in [0.25, 0.3) is 67.1 Å². The van der Waals surface area contributed by atoms with Crippen LogP contribution in [-0.4, -0.2) is 19.3 Å². The van der Waals surface area contributed by atoms with Gasteiger partial charge in [-0.1, -0.05) is 109 Å². The number of hydrogen-bond donors (Lipinski definition) is 0. The number of rotatable bonds is 5. The molecule has 0 saturated carbocycles.